The lowest BCUT2D eigenvalue weighted by molar-refractivity contribution is -0.168. The molecule has 37 heavy (non-hydrogen) atoms. The number of hydrogen-bond acceptors (Lipinski definition) is 6. The van der Waals surface area contributed by atoms with Crippen molar-refractivity contribution >= 4 is 11.8 Å². The highest BCUT2D eigenvalue weighted by Gasteiger charge is 2.13. The summed E-state index contributed by atoms with van der Waals surface area (Å²) in [6.45, 7) is 6.31. The van der Waals surface area contributed by atoms with Crippen molar-refractivity contribution in [1.82, 2.24) is 0 Å². The van der Waals surface area contributed by atoms with Crippen molar-refractivity contribution in [3.05, 3.63) is 0 Å². The minimum Gasteiger partial charge on any atom is -0.391 e. The fourth-order valence-corrected chi connectivity index (χ4v) is 5.56. The van der Waals surface area contributed by atoms with Crippen LogP contribution in [0.4, 0.5) is 0 Å². The van der Waals surface area contributed by atoms with E-state index in [1.54, 1.807) is 0 Å². The number of thioether (sulfide) groups is 1. The van der Waals surface area contributed by atoms with E-state index in [1.165, 1.54) is 103 Å². The molecule has 2 unspecified atom stereocenters. The maximum absolute atomic E-state index is 10.1. The van der Waals surface area contributed by atoms with E-state index in [-0.39, 0.29) is 12.4 Å². The Morgan fingerprint density at radius 1 is 0.703 bits per heavy atom. The van der Waals surface area contributed by atoms with Gasteiger partial charge in [-0.1, -0.05) is 103 Å². The second-order valence-electron chi connectivity index (χ2n) is 10.7. The van der Waals surface area contributed by atoms with Gasteiger partial charge >= 0.3 is 0 Å². The summed E-state index contributed by atoms with van der Waals surface area (Å²) in [5.74, 6) is 1.89. The standard InChI is InChI=1S/C31H62O5S/c1-2-3-4-5-6-7-8-9-10-11-12-13-14-15-16-18-22-34-29-30(32)21-27-37-28-26-33-24-25-36-31-20-17-19-23-35-31/h30-32H,2-29H2,1H3. The highest BCUT2D eigenvalue weighted by atomic mass is 32.2. The molecule has 0 saturated carbocycles. The Labute approximate surface area is 234 Å². The zero-order chi connectivity index (χ0) is 26.5. The lowest BCUT2D eigenvalue weighted by Crippen LogP contribution is -2.24. The molecule has 0 aliphatic carbocycles. The van der Waals surface area contributed by atoms with Crippen LogP contribution in [0.3, 0.4) is 0 Å². The predicted molar refractivity (Wildman–Crippen MR) is 159 cm³/mol. The van der Waals surface area contributed by atoms with E-state index in [4.69, 9.17) is 18.9 Å². The summed E-state index contributed by atoms with van der Waals surface area (Å²) in [5.41, 5.74) is 0. The normalized spacial score (nSPS) is 16.9. The lowest BCUT2D eigenvalue weighted by Gasteiger charge is -2.22. The van der Waals surface area contributed by atoms with E-state index in [2.05, 4.69) is 6.92 Å². The molecule has 1 aliphatic rings. The third-order valence-electron chi connectivity index (χ3n) is 7.09. The molecular formula is C31H62O5S. The van der Waals surface area contributed by atoms with Gasteiger partial charge in [0, 0.05) is 19.0 Å². The van der Waals surface area contributed by atoms with Gasteiger partial charge in [0.25, 0.3) is 0 Å². The molecule has 1 fully saturated rings. The Morgan fingerprint density at radius 2 is 1.32 bits per heavy atom. The van der Waals surface area contributed by atoms with Crippen LogP contribution in [-0.2, 0) is 18.9 Å². The van der Waals surface area contributed by atoms with Crippen LogP contribution in [-0.4, -0.2) is 68.6 Å². The molecule has 1 saturated heterocycles. The fourth-order valence-electron chi connectivity index (χ4n) is 4.68. The van der Waals surface area contributed by atoms with E-state index in [9.17, 15) is 5.11 Å². The van der Waals surface area contributed by atoms with Crippen LogP contribution in [0.25, 0.3) is 0 Å². The first kappa shape index (κ1) is 35.2. The average Bonchev–Trinajstić information content (AvgIpc) is 2.92. The predicted octanol–water partition coefficient (Wildman–Crippen LogP) is 8.31. The zero-order valence-electron chi connectivity index (χ0n) is 24.4. The third-order valence-corrected chi connectivity index (χ3v) is 8.07. The minimum atomic E-state index is -0.349. The zero-order valence-corrected chi connectivity index (χ0v) is 25.3. The van der Waals surface area contributed by atoms with Gasteiger partial charge in [-0.15, -0.1) is 0 Å². The third kappa shape index (κ3) is 26.2. The highest BCUT2D eigenvalue weighted by molar-refractivity contribution is 7.99. The van der Waals surface area contributed by atoms with Crippen LogP contribution < -0.4 is 0 Å². The van der Waals surface area contributed by atoms with Gasteiger partial charge in [-0.25, -0.2) is 0 Å². The summed E-state index contributed by atoms with van der Waals surface area (Å²) in [7, 11) is 0. The SMILES string of the molecule is CCCCCCCCCCCCCCCCCCOCC(O)CCSCCOCCOC1CCCCO1. The Morgan fingerprint density at radius 3 is 1.92 bits per heavy atom. The van der Waals surface area contributed by atoms with Gasteiger partial charge in [-0.05, 0) is 37.9 Å². The molecule has 5 nitrogen and oxygen atoms in total. The van der Waals surface area contributed by atoms with Crippen LogP contribution in [0.15, 0.2) is 0 Å². The average molecular weight is 547 g/mol. The maximum atomic E-state index is 10.1. The van der Waals surface area contributed by atoms with Crippen LogP contribution >= 0.6 is 11.8 Å². The first-order valence-electron chi connectivity index (χ1n) is 16.0. The molecule has 0 amide bonds. The first-order chi connectivity index (χ1) is 18.3. The van der Waals surface area contributed by atoms with Gasteiger partial charge in [0.2, 0.25) is 0 Å². The van der Waals surface area contributed by atoms with E-state index >= 15 is 0 Å². The monoisotopic (exact) mass is 546 g/mol. The van der Waals surface area contributed by atoms with Gasteiger partial charge in [0.15, 0.2) is 6.29 Å². The topological polar surface area (TPSA) is 57.2 Å². The summed E-state index contributed by atoms with van der Waals surface area (Å²) >= 11 is 1.83. The van der Waals surface area contributed by atoms with Crippen molar-refractivity contribution < 1.29 is 24.1 Å². The van der Waals surface area contributed by atoms with Gasteiger partial charge in [-0.3, -0.25) is 0 Å². The van der Waals surface area contributed by atoms with Gasteiger partial charge in [0.1, 0.15) is 0 Å². The number of aliphatic hydroxyl groups is 1. The summed E-state index contributed by atoms with van der Waals surface area (Å²) in [5, 5.41) is 10.1. The van der Waals surface area contributed by atoms with Crippen molar-refractivity contribution in [3.63, 3.8) is 0 Å². The first-order valence-corrected chi connectivity index (χ1v) is 17.1. The van der Waals surface area contributed by atoms with E-state index < -0.39 is 0 Å². The van der Waals surface area contributed by atoms with E-state index in [1.807, 2.05) is 11.8 Å². The molecule has 0 radical (unpaired) electrons. The second kappa shape index (κ2) is 29.1. The molecule has 1 aliphatic heterocycles. The highest BCUT2D eigenvalue weighted by Crippen LogP contribution is 2.15. The molecule has 0 aromatic rings. The van der Waals surface area contributed by atoms with Crippen molar-refractivity contribution in [3.8, 4) is 0 Å². The molecule has 2 atom stereocenters. The number of rotatable bonds is 29. The van der Waals surface area contributed by atoms with Gasteiger partial charge in [-0.2, -0.15) is 11.8 Å². The Hall–Kier alpha value is 0.150. The largest absolute Gasteiger partial charge is 0.391 e. The lowest BCUT2D eigenvalue weighted by atomic mass is 10.0. The maximum Gasteiger partial charge on any atom is 0.157 e. The summed E-state index contributed by atoms with van der Waals surface area (Å²) < 4.78 is 22.5. The van der Waals surface area contributed by atoms with Crippen LogP contribution in [0.1, 0.15) is 135 Å². The smallest absolute Gasteiger partial charge is 0.157 e. The molecule has 1 N–H and O–H groups in total. The molecule has 1 heterocycles. The Balaban J connectivity index is 1.67. The van der Waals surface area contributed by atoms with Crippen molar-refractivity contribution in [1.29, 1.82) is 0 Å². The molecule has 222 valence electrons. The summed E-state index contributed by atoms with van der Waals surface area (Å²) in [6.07, 6.45) is 25.9. The van der Waals surface area contributed by atoms with E-state index in [0.29, 0.717) is 19.8 Å². The molecule has 0 aromatic carbocycles. The quantitative estimate of drug-likeness (QED) is 0.0952. The van der Waals surface area contributed by atoms with Crippen LogP contribution in [0, 0.1) is 0 Å². The summed E-state index contributed by atoms with van der Waals surface area (Å²) in [6, 6.07) is 0. The van der Waals surface area contributed by atoms with Crippen molar-refractivity contribution in [2.75, 3.05) is 51.1 Å². The second-order valence-corrected chi connectivity index (χ2v) is 11.9. The van der Waals surface area contributed by atoms with Gasteiger partial charge < -0.3 is 24.1 Å². The van der Waals surface area contributed by atoms with Gasteiger partial charge in [0.05, 0.1) is 32.5 Å². The van der Waals surface area contributed by atoms with Crippen molar-refractivity contribution in [2.24, 2.45) is 0 Å². The summed E-state index contributed by atoms with van der Waals surface area (Å²) in [4.78, 5) is 0. The Bertz CT molecular complexity index is 434. The van der Waals surface area contributed by atoms with Crippen LogP contribution in [0.5, 0.6) is 0 Å². The van der Waals surface area contributed by atoms with E-state index in [0.717, 1.165) is 57.0 Å². The molecule has 6 heteroatoms. The van der Waals surface area contributed by atoms with Crippen molar-refractivity contribution in [2.45, 2.75) is 148 Å². The molecule has 0 spiro atoms. The number of ether oxygens (including phenoxy) is 4. The minimum absolute atomic E-state index is 0.0282. The molecule has 0 aromatic heterocycles. The fraction of sp³-hybridized carbons (Fsp3) is 1.00. The number of hydrogen-bond donors (Lipinski definition) is 1. The Kier molecular flexibility index (Phi) is 27.7. The number of unbranched alkanes of at least 4 members (excludes halogenated alkanes) is 15. The molecular weight excluding hydrogens is 484 g/mol. The van der Waals surface area contributed by atoms with Crippen LogP contribution in [0.2, 0.25) is 0 Å². The number of aliphatic hydroxyl groups excluding tert-OH is 1. The molecule has 1 rings (SSSR count). The molecule has 0 bridgehead atoms.